The Labute approximate surface area is 162 Å². The predicted octanol–water partition coefficient (Wildman–Crippen LogP) is 3.86. The number of hydrogen-bond donors (Lipinski definition) is 0. The van der Waals surface area contributed by atoms with Crippen LogP contribution in [0.2, 0.25) is 0 Å². The SMILES string of the molecule is CS(=O)(=O)Cc1cccc(C(=O)N2CCCC[C@@H]2CCc2ccccc2)c1. The maximum atomic E-state index is 13.1. The molecule has 0 aliphatic carbocycles. The van der Waals surface area contributed by atoms with E-state index < -0.39 is 9.84 Å². The summed E-state index contributed by atoms with van der Waals surface area (Å²) in [6.45, 7) is 0.772. The number of sulfone groups is 1. The largest absolute Gasteiger partial charge is 0.336 e. The van der Waals surface area contributed by atoms with E-state index in [1.165, 1.54) is 11.8 Å². The Balaban J connectivity index is 1.72. The van der Waals surface area contributed by atoms with Crippen molar-refractivity contribution in [2.45, 2.75) is 43.9 Å². The lowest BCUT2D eigenvalue weighted by Crippen LogP contribution is -2.44. The number of carbonyl (C=O) groups excluding carboxylic acids is 1. The maximum Gasteiger partial charge on any atom is 0.254 e. The predicted molar refractivity (Wildman–Crippen MR) is 108 cm³/mol. The lowest BCUT2D eigenvalue weighted by atomic mass is 9.95. The van der Waals surface area contributed by atoms with Crippen molar-refractivity contribution in [3.8, 4) is 0 Å². The number of piperidine rings is 1. The Morgan fingerprint density at radius 3 is 2.52 bits per heavy atom. The molecule has 1 atom stereocenters. The highest BCUT2D eigenvalue weighted by Gasteiger charge is 2.27. The number of carbonyl (C=O) groups is 1. The van der Waals surface area contributed by atoms with Crippen molar-refractivity contribution in [3.63, 3.8) is 0 Å². The number of hydrogen-bond acceptors (Lipinski definition) is 3. The first kappa shape index (κ1) is 19.6. The molecule has 4 nitrogen and oxygen atoms in total. The van der Waals surface area contributed by atoms with Gasteiger partial charge in [0, 0.05) is 24.4 Å². The summed E-state index contributed by atoms with van der Waals surface area (Å²) in [6.07, 6.45) is 6.34. The summed E-state index contributed by atoms with van der Waals surface area (Å²) in [6, 6.07) is 17.7. The molecule has 27 heavy (non-hydrogen) atoms. The van der Waals surface area contributed by atoms with E-state index in [1.807, 2.05) is 23.1 Å². The van der Waals surface area contributed by atoms with Crippen molar-refractivity contribution in [3.05, 3.63) is 71.3 Å². The second-order valence-electron chi connectivity index (χ2n) is 7.44. The molecular weight excluding hydrogens is 358 g/mol. The van der Waals surface area contributed by atoms with Gasteiger partial charge in [-0.2, -0.15) is 0 Å². The van der Waals surface area contributed by atoms with E-state index in [0.29, 0.717) is 11.1 Å². The Hall–Kier alpha value is -2.14. The van der Waals surface area contributed by atoms with Crippen molar-refractivity contribution < 1.29 is 13.2 Å². The van der Waals surface area contributed by atoms with Crippen LogP contribution in [0.3, 0.4) is 0 Å². The van der Waals surface area contributed by atoms with Crippen molar-refractivity contribution in [1.82, 2.24) is 4.90 Å². The van der Waals surface area contributed by atoms with Gasteiger partial charge in [-0.05, 0) is 55.4 Å². The molecule has 0 bridgehead atoms. The van der Waals surface area contributed by atoms with E-state index in [2.05, 4.69) is 12.1 Å². The summed E-state index contributed by atoms with van der Waals surface area (Å²) in [5.74, 6) is -0.0194. The number of nitrogens with zero attached hydrogens (tertiary/aromatic N) is 1. The average molecular weight is 386 g/mol. The molecule has 1 fully saturated rings. The molecule has 3 rings (SSSR count). The third-order valence-electron chi connectivity index (χ3n) is 5.10. The zero-order valence-electron chi connectivity index (χ0n) is 15.8. The van der Waals surface area contributed by atoms with Crippen LogP contribution in [0.15, 0.2) is 54.6 Å². The normalized spacial score (nSPS) is 17.7. The van der Waals surface area contributed by atoms with Gasteiger partial charge in [-0.3, -0.25) is 4.79 Å². The lowest BCUT2D eigenvalue weighted by molar-refractivity contribution is 0.0602. The van der Waals surface area contributed by atoms with Gasteiger partial charge in [0.2, 0.25) is 0 Å². The molecule has 5 heteroatoms. The molecule has 0 unspecified atom stereocenters. The smallest absolute Gasteiger partial charge is 0.254 e. The monoisotopic (exact) mass is 385 g/mol. The van der Waals surface area contributed by atoms with Crippen molar-refractivity contribution in [2.24, 2.45) is 0 Å². The van der Waals surface area contributed by atoms with Crippen LogP contribution in [0.4, 0.5) is 0 Å². The van der Waals surface area contributed by atoms with E-state index >= 15 is 0 Å². The lowest BCUT2D eigenvalue weighted by Gasteiger charge is -2.36. The van der Waals surface area contributed by atoms with Crippen LogP contribution < -0.4 is 0 Å². The first-order chi connectivity index (χ1) is 12.9. The maximum absolute atomic E-state index is 13.1. The molecule has 1 heterocycles. The third-order valence-corrected chi connectivity index (χ3v) is 5.96. The molecule has 0 saturated carbocycles. The molecule has 0 radical (unpaired) electrons. The van der Waals surface area contributed by atoms with Gasteiger partial charge in [-0.25, -0.2) is 8.42 Å². The van der Waals surface area contributed by atoms with Crippen molar-refractivity contribution >= 4 is 15.7 Å². The molecule has 1 aliphatic heterocycles. The zero-order valence-corrected chi connectivity index (χ0v) is 16.6. The quantitative estimate of drug-likeness (QED) is 0.759. The molecule has 1 saturated heterocycles. The second kappa shape index (κ2) is 8.70. The summed E-state index contributed by atoms with van der Waals surface area (Å²) in [5.41, 5.74) is 2.55. The molecular formula is C22H27NO3S. The minimum absolute atomic E-state index is 0.0168. The fraction of sp³-hybridized carbons (Fsp3) is 0.409. The van der Waals surface area contributed by atoms with Crippen molar-refractivity contribution in [2.75, 3.05) is 12.8 Å². The number of likely N-dealkylation sites (tertiary alicyclic amines) is 1. The van der Waals surface area contributed by atoms with Gasteiger partial charge >= 0.3 is 0 Å². The summed E-state index contributed by atoms with van der Waals surface area (Å²) in [7, 11) is -3.12. The Morgan fingerprint density at radius 2 is 1.78 bits per heavy atom. The van der Waals surface area contributed by atoms with Crippen LogP contribution in [0, 0.1) is 0 Å². The van der Waals surface area contributed by atoms with Crippen LogP contribution in [-0.2, 0) is 22.0 Å². The van der Waals surface area contributed by atoms with Crippen LogP contribution >= 0.6 is 0 Å². The minimum Gasteiger partial charge on any atom is -0.336 e. The van der Waals surface area contributed by atoms with E-state index in [-0.39, 0.29) is 17.7 Å². The first-order valence-electron chi connectivity index (χ1n) is 9.54. The Kier molecular flexibility index (Phi) is 6.32. The number of rotatable bonds is 6. The molecule has 144 valence electrons. The van der Waals surface area contributed by atoms with Crippen LogP contribution in [0.25, 0.3) is 0 Å². The van der Waals surface area contributed by atoms with Crippen LogP contribution in [0.5, 0.6) is 0 Å². The van der Waals surface area contributed by atoms with Gasteiger partial charge in [0.05, 0.1) is 5.75 Å². The van der Waals surface area contributed by atoms with E-state index in [0.717, 1.165) is 38.6 Å². The molecule has 2 aromatic rings. The van der Waals surface area contributed by atoms with Gasteiger partial charge in [-0.15, -0.1) is 0 Å². The number of benzene rings is 2. The van der Waals surface area contributed by atoms with Gasteiger partial charge in [0.25, 0.3) is 5.91 Å². The average Bonchev–Trinajstić information content (AvgIpc) is 2.66. The Bertz CT molecular complexity index is 877. The van der Waals surface area contributed by atoms with Gasteiger partial charge in [0.15, 0.2) is 9.84 Å². The van der Waals surface area contributed by atoms with Gasteiger partial charge in [0.1, 0.15) is 0 Å². The second-order valence-corrected chi connectivity index (χ2v) is 9.58. The fourth-order valence-electron chi connectivity index (χ4n) is 3.81. The molecule has 0 aromatic heterocycles. The first-order valence-corrected chi connectivity index (χ1v) is 11.6. The molecule has 1 aliphatic rings. The van der Waals surface area contributed by atoms with Crippen LogP contribution in [-0.4, -0.2) is 38.1 Å². The summed E-state index contributed by atoms with van der Waals surface area (Å²) in [5, 5.41) is 0. The standard InChI is InChI=1S/C22H27NO3S/c1-27(25,26)17-19-10-7-11-20(16-19)22(24)23-15-6-5-12-21(23)14-13-18-8-3-2-4-9-18/h2-4,7-11,16,21H,5-6,12-15,17H2,1H3/t21-/m1/s1. The molecule has 2 aromatic carbocycles. The molecule has 0 spiro atoms. The fourth-order valence-corrected chi connectivity index (χ4v) is 4.59. The highest BCUT2D eigenvalue weighted by atomic mass is 32.2. The minimum atomic E-state index is -3.12. The van der Waals surface area contributed by atoms with E-state index in [1.54, 1.807) is 24.3 Å². The van der Waals surface area contributed by atoms with Crippen molar-refractivity contribution in [1.29, 1.82) is 0 Å². The molecule has 0 N–H and O–H groups in total. The number of amides is 1. The highest BCUT2D eigenvalue weighted by Crippen LogP contribution is 2.24. The van der Waals surface area contributed by atoms with Gasteiger partial charge < -0.3 is 4.90 Å². The number of aryl methyl sites for hydroxylation is 1. The van der Waals surface area contributed by atoms with E-state index in [9.17, 15) is 13.2 Å². The summed E-state index contributed by atoms with van der Waals surface area (Å²) < 4.78 is 23.1. The third kappa shape index (κ3) is 5.67. The zero-order chi connectivity index (χ0) is 19.3. The summed E-state index contributed by atoms with van der Waals surface area (Å²) in [4.78, 5) is 15.1. The topological polar surface area (TPSA) is 54.5 Å². The molecule has 1 amide bonds. The van der Waals surface area contributed by atoms with Crippen LogP contribution in [0.1, 0.15) is 47.2 Å². The summed E-state index contributed by atoms with van der Waals surface area (Å²) >= 11 is 0. The Morgan fingerprint density at radius 1 is 1.04 bits per heavy atom. The van der Waals surface area contributed by atoms with E-state index in [4.69, 9.17) is 0 Å². The highest BCUT2D eigenvalue weighted by molar-refractivity contribution is 7.89. The van der Waals surface area contributed by atoms with Gasteiger partial charge in [-0.1, -0.05) is 42.5 Å².